The Hall–Kier alpha value is -3.09. The van der Waals surface area contributed by atoms with E-state index in [2.05, 4.69) is 43.5 Å². The summed E-state index contributed by atoms with van der Waals surface area (Å²) in [5.41, 5.74) is 8.13. The number of hydrogen-bond acceptors (Lipinski definition) is 11. The summed E-state index contributed by atoms with van der Waals surface area (Å²) in [7, 11) is 0. The molecular weight excluding hydrogens is 460 g/mol. The normalized spacial score (nSPS) is 25.1. The van der Waals surface area contributed by atoms with Gasteiger partial charge in [-0.2, -0.15) is 0 Å². The molecule has 3 fully saturated rings. The highest BCUT2D eigenvalue weighted by molar-refractivity contribution is 5.88. The van der Waals surface area contributed by atoms with Gasteiger partial charge in [-0.25, -0.2) is 24.9 Å². The highest BCUT2D eigenvalue weighted by Crippen LogP contribution is 2.33. The Balaban J connectivity index is 1.53. The third kappa shape index (κ3) is 4.56. The maximum Gasteiger partial charge on any atom is 0.219 e. The van der Waals surface area contributed by atoms with Crippen molar-refractivity contribution in [2.45, 2.75) is 38.9 Å². The van der Waals surface area contributed by atoms with Gasteiger partial charge < -0.3 is 30.3 Å². The summed E-state index contributed by atoms with van der Waals surface area (Å²) < 4.78 is 13.6. The van der Waals surface area contributed by atoms with Crippen LogP contribution in [0, 0.1) is 5.92 Å². The molecule has 3 N–H and O–H groups in total. The third-order valence-corrected chi connectivity index (χ3v) is 7.10. The molecule has 6 heterocycles. The van der Waals surface area contributed by atoms with Crippen LogP contribution in [0.4, 0.5) is 17.7 Å². The second kappa shape index (κ2) is 9.75. The number of piperazine rings is 1. The molecule has 3 unspecified atom stereocenters. The molecule has 12 nitrogen and oxygen atoms in total. The predicted molar refractivity (Wildman–Crippen MR) is 137 cm³/mol. The molecule has 0 spiro atoms. The van der Waals surface area contributed by atoms with Gasteiger partial charge in [0.1, 0.15) is 0 Å². The molecule has 3 aromatic rings. The molecule has 0 saturated carbocycles. The van der Waals surface area contributed by atoms with E-state index in [4.69, 9.17) is 30.2 Å². The molecule has 6 rings (SSSR count). The van der Waals surface area contributed by atoms with Gasteiger partial charge in [-0.1, -0.05) is 0 Å². The van der Waals surface area contributed by atoms with E-state index in [1.54, 1.807) is 12.4 Å². The third-order valence-electron chi connectivity index (χ3n) is 7.10. The summed E-state index contributed by atoms with van der Waals surface area (Å²) >= 11 is 0. The second-order valence-electron chi connectivity index (χ2n) is 10.1. The van der Waals surface area contributed by atoms with Gasteiger partial charge in [-0.15, -0.1) is 0 Å². The van der Waals surface area contributed by atoms with E-state index in [1.165, 1.54) is 0 Å². The molecule has 0 aromatic carbocycles. The lowest BCUT2D eigenvalue weighted by Gasteiger charge is -2.37. The molecule has 3 atom stereocenters. The van der Waals surface area contributed by atoms with Crippen molar-refractivity contribution in [3.63, 3.8) is 0 Å². The SMILES string of the molecule is CC1CN(c2nc3c(N4CCOCC4)nc(-c4cnc(N)nc4)nc3n2CC2CCOC2)CC(C)N1. The minimum atomic E-state index is 0.226. The van der Waals surface area contributed by atoms with Crippen LogP contribution in [0.15, 0.2) is 12.4 Å². The smallest absolute Gasteiger partial charge is 0.219 e. The number of nitrogens with zero attached hydrogens (tertiary/aromatic N) is 8. The number of nitrogens with two attached hydrogens (primary N) is 1. The van der Waals surface area contributed by atoms with E-state index in [0.717, 1.165) is 80.9 Å². The molecule has 192 valence electrons. The van der Waals surface area contributed by atoms with E-state index in [9.17, 15) is 0 Å². The molecular formula is C24H34N10O2. The zero-order valence-corrected chi connectivity index (χ0v) is 20.9. The number of rotatable bonds is 5. The average Bonchev–Trinajstić information content (AvgIpc) is 3.52. The zero-order chi connectivity index (χ0) is 24.6. The molecule has 0 radical (unpaired) electrons. The molecule has 3 aliphatic heterocycles. The minimum absolute atomic E-state index is 0.226. The summed E-state index contributed by atoms with van der Waals surface area (Å²) in [6.07, 6.45) is 4.39. The number of nitrogens with one attached hydrogen (secondary N) is 1. The van der Waals surface area contributed by atoms with E-state index < -0.39 is 0 Å². The van der Waals surface area contributed by atoms with Crippen LogP contribution in [0.2, 0.25) is 0 Å². The van der Waals surface area contributed by atoms with Crippen molar-refractivity contribution in [2.24, 2.45) is 5.92 Å². The monoisotopic (exact) mass is 494 g/mol. The summed E-state index contributed by atoms with van der Waals surface area (Å²) in [5, 5.41) is 3.63. The van der Waals surface area contributed by atoms with Crippen molar-refractivity contribution in [3.8, 4) is 11.4 Å². The van der Waals surface area contributed by atoms with E-state index in [0.29, 0.717) is 37.0 Å². The Labute approximate surface area is 210 Å². The zero-order valence-electron chi connectivity index (χ0n) is 20.9. The van der Waals surface area contributed by atoms with Crippen LogP contribution in [0.5, 0.6) is 0 Å². The molecule has 3 aromatic heterocycles. The maximum atomic E-state index is 5.74. The maximum absolute atomic E-state index is 5.74. The Morgan fingerprint density at radius 3 is 2.42 bits per heavy atom. The van der Waals surface area contributed by atoms with Crippen molar-refractivity contribution in [1.82, 2.24) is 34.8 Å². The molecule has 3 aliphatic rings. The lowest BCUT2D eigenvalue weighted by Crippen LogP contribution is -2.55. The topological polar surface area (TPSA) is 132 Å². The van der Waals surface area contributed by atoms with Crippen LogP contribution in [-0.2, 0) is 16.0 Å². The largest absolute Gasteiger partial charge is 0.381 e. The van der Waals surface area contributed by atoms with E-state index in [1.807, 2.05) is 0 Å². The Bertz CT molecular complexity index is 1190. The molecule has 12 heteroatoms. The summed E-state index contributed by atoms with van der Waals surface area (Å²) in [6.45, 7) is 11.4. The number of imidazole rings is 1. The quantitative estimate of drug-likeness (QED) is 0.525. The Morgan fingerprint density at radius 2 is 1.72 bits per heavy atom. The first-order valence-corrected chi connectivity index (χ1v) is 12.8. The number of morpholine rings is 1. The van der Waals surface area contributed by atoms with Gasteiger partial charge >= 0.3 is 0 Å². The van der Waals surface area contributed by atoms with Crippen molar-refractivity contribution >= 4 is 28.9 Å². The first-order chi connectivity index (χ1) is 17.5. The van der Waals surface area contributed by atoms with Gasteiger partial charge in [0, 0.05) is 69.7 Å². The number of aromatic nitrogens is 6. The van der Waals surface area contributed by atoms with Crippen LogP contribution >= 0.6 is 0 Å². The van der Waals surface area contributed by atoms with Gasteiger partial charge in [0.05, 0.1) is 25.4 Å². The van der Waals surface area contributed by atoms with Crippen molar-refractivity contribution < 1.29 is 9.47 Å². The van der Waals surface area contributed by atoms with Gasteiger partial charge in [0.15, 0.2) is 22.8 Å². The molecule has 0 aliphatic carbocycles. The van der Waals surface area contributed by atoms with Gasteiger partial charge in [-0.05, 0) is 20.3 Å². The first kappa shape index (κ1) is 23.3. The highest BCUT2D eigenvalue weighted by Gasteiger charge is 2.30. The van der Waals surface area contributed by atoms with Gasteiger partial charge in [0.25, 0.3) is 0 Å². The number of anilines is 3. The Morgan fingerprint density at radius 1 is 0.972 bits per heavy atom. The fraction of sp³-hybridized carbons (Fsp3) is 0.625. The van der Waals surface area contributed by atoms with E-state index >= 15 is 0 Å². The van der Waals surface area contributed by atoms with Gasteiger partial charge in [-0.3, -0.25) is 4.57 Å². The highest BCUT2D eigenvalue weighted by atomic mass is 16.5. The fourth-order valence-corrected chi connectivity index (χ4v) is 5.44. The molecule has 36 heavy (non-hydrogen) atoms. The van der Waals surface area contributed by atoms with Crippen molar-refractivity contribution in [1.29, 1.82) is 0 Å². The number of nitrogen functional groups attached to an aromatic ring is 1. The van der Waals surface area contributed by atoms with Crippen LogP contribution in [0.25, 0.3) is 22.6 Å². The summed E-state index contributed by atoms with van der Waals surface area (Å²) in [5.74, 6) is 3.00. The summed E-state index contributed by atoms with van der Waals surface area (Å²) in [4.78, 5) is 28.3. The molecule has 0 amide bonds. The van der Waals surface area contributed by atoms with Crippen LogP contribution < -0.4 is 20.9 Å². The standard InChI is InChI=1S/C24H34N10O2/c1-15-11-33(12-16(2)28-15)24-29-19-21(32-4-7-35-8-5-32)30-20(18-9-26-23(25)27-10-18)31-22(19)34(24)13-17-3-6-36-14-17/h9-10,15-17,28H,3-8,11-14H2,1-2H3,(H2,25,26,27). The van der Waals surface area contributed by atoms with Crippen LogP contribution in [0.3, 0.4) is 0 Å². The first-order valence-electron chi connectivity index (χ1n) is 12.8. The predicted octanol–water partition coefficient (Wildman–Crippen LogP) is 0.925. The average molecular weight is 495 g/mol. The molecule has 0 bridgehead atoms. The van der Waals surface area contributed by atoms with Gasteiger partial charge in [0.2, 0.25) is 11.9 Å². The molecule has 3 saturated heterocycles. The fourth-order valence-electron chi connectivity index (χ4n) is 5.44. The number of fused-ring (bicyclic) bond motifs is 1. The van der Waals surface area contributed by atoms with Crippen LogP contribution in [-0.4, -0.2) is 94.2 Å². The lowest BCUT2D eigenvalue weighted by molar-refractivity contribution is 0.122. The Kier molecular flexibility index (Phi) is 6.32. The van der Waals surface area contributed by atoms with Crippen LogP contribution in [0.1, 0.15) is 20.3 Å². The number of ether oxygens (including phenoxy) is 2. The number of hydrogen-bond donors (Lipinski definition) is 2. The lowest BCUT2D eigenvalue weighted by atomic mass is 10.1. The minimum Gasteiger partial charge on any atom is -0.381 e. The van der Waals surface area contributed by atoms with Crippen molar-refractivity contribution in [2.75, 3.05) is 68.1 Å². The second-order valence-corrected chi connectivity index (χ2v) is 10.1. The summed E-state index contributed by atoms with van der Waals surface area (Å²) in [6, 6.07) is 0.730. The van der Waals surface area contributed by atoms with Crippen molar-refractivity contribution in [3.05, 3.63) is 12.4 Å². The van der Waals surface area contributed by atoms with E-state index in [-0.39, 0.29) is 5.95 Å².